The minimum Gasteiger partial charge on any atom is -0.329 e. The van der Waals surface area contributed by atoms with Crippen molar-refractivity contribution in [2.45, 2.75) is 0 Å². The van der Waals surface area contributed by atoms with E-state index in [1.807, 2.05) is 30.3 Å². The van der Waals surface area contributed by atoms with E-state index >= 15 is 0 Å². The summed E-state index contributed by atoms with van der Waals surface area (Å²) < 4.78 is 0. The van der Waals surface area contributed by atoms with E-state index in [2.05, 4.69) is 53.9 Å². The van der Waals surface area contributed by atoms with Gasteiger partial charge in [-0.05, 0) is 30.3 Å². The molecule has 0 bridgehead atoms. The lowest BCUT2D eigenvalue weighted by molar-refractivity contribution is -0.105. The number of anilines is 1. The molecule has 3 heterocycles. The minimum atomic E-state index is 0.634. The minimum absolute atomic E-state index is 0.634. The van der Waals surface area contributed by atoms with Crippen LogP contribution in [0.4, 0.5) is 5.69 Å². The van der Waals surface area contributed by atoms with Gasteiger partial charge >= 0.3 is 0 Å². The molecular weight excluding hydrogens is 366 g/mol. The molecule has 1 amide bonds. The van der Waals surface area contributed by atoms with Crippen molar-refractivity contribution in [1.29, 1.82) is 0 Å². The Kier molecular flexibility index (Phi) is 5.34. The Labute approximate surface area is 166 Å². The molecule has 0 atom stereocenters. The first-order valence-electron chi connectivity index (χ1n) is 8.84. The molecule has 3 N–H and O–H groups in total. The molecule has 0 aliphatic rings. The van der Waals surface area contributed by atoms with Crippen molar-refractivity contribution in [3.8, 4) is 22.6 Å². The van der Waals surface area contributed by atoms with Crippen molar-refractivity contribution in [3.05, 3.63) is 79.4 Å². The fraction of sp³-hybridized carbons (Fsp3) is 0. The van der Waals surface area contributed by atoms with Gasteiger partial charge in [-0.1, -0.05) is 30.3 Å². The molecule has 0 fully saturated rings. The number of pyridine rings is 1. The highest BCUT2D eigenvalue weighted by molar-refractivity contribution is 5.95. The molecule has 0 saturated heterocycles. The molecular formula is C21H17N7O. The van der Waals surface area contributed by atoms with E-state index < -0.39 is 0 Å². The number of nitrogens with one attached hydrogen (secondary N) is 3. The number of hydrogen-bond donors (Lipinski definition) is 3. The van der Waals surface area contributed by atoms with Crippen LogP contribution in [0.1, 0.15) is 0 Å². The molecule has 5 aromatic rings. The third kappa shape index (κ3) is 4.16. The number of carbonyl (C=O) groups is 1. The number of amides is 1. The Bertz CT molecular complexity index is 1190. The molecule has 0 aliphatic heterocycles. The van der Waals surface area contributed by atoms with Gasteiger partial charge in [-0.3, -0.25) is 20.0 Å². The Morgan fingerprint density at radius 3 is 2.45 bits per heavy atom. The lowest BCUT2D eigenvalue weighted by Gasteiger charge is -1.99. The van der Waals surface area contributed by atoms with Crippen LogP contribution in [0.3, 0.4) is 0 Å². The largest absolute Gasteiger partial charge is 0.329 e. The second-order valence-electron chi connectivity index (χ2n) is 6.03. The summed E-state index contributed by atoms with van der Waals surface area (Å²) in [6.45, 7) is 0. The zero-order valence-corrected chi connectivity index (χ0v) is 15.3. The Balaban J connectivity index is 0.000000192. The summed E-state index contributed by atoms with van der Waals surface area (Å²) in [5.41, 5.74) is 4.80. The summed E-state index contributed by atoms with van der Waals surface area (Å²) in [5, 5.41) is 17.8. The predicted molar refractivity (Wildman–Crippen MR) is 111 cm³/mol. The Morgan fingerprint density at radius 2 is 1.72 bits per heavy atom. The van der Waals surface area contributed by atoms with Gasteiger partial charge in [0.2, 0.25) is 6.41 Å². The van der Waals surface area contributed by atoms with Crippen LogP contribution in [0.5, 0.6) is 0 Å². The first-order chi connectivity index (χ1) is 14.3. The van der Waals surface area contributed by atoms with Crippen molar-refractivity contribution in [2.24, 2.45) is 0 Å². The number of benzene rings is 2. The maximum Gasteiger partial charge on any atom is 0.211 e. The van der Waals surface area contributed by atoms with E-state index in [1.165, 1.54) is 6.33 Å². The van der Waals surface area contributed by atoms with Gasteiger partial charge in [0, 0.05) is 34.6 Å². The highest BCUT2D eigenvalue weighted by atomic mass is 16.1. The van der Waals surface area contributed by atoms with Crippen LogP contribution in [0, 0.1) is 0 Å². The first kappa shape index (κ1) is 18.1. The smallest absolute Gasteiger partial charge is 0.211 e. The molecule has 2 aromatic carbocycles. The molecule has 0 spiro atoms. The Morgan fingerprint density at radius 1 is 0.897 bits per heavy atom. The average molecular weight is 383 g/mol. The summed E-state index contributed by atoms with van der Waals surface area (Å²) in [7, 11) is 0. The third-order valence-corrected chi connectivity index (χ3v) is 4.20. The molecule has 0 saturated carbocycles. The quantitative estimate of drug-likeness (QED) is 0.410. The fourth-order valence-electron chi connectivity index (χ4n) is 2.84. The van der Waals surface area contributed by atoms with E-state index in [4.69, 9.17) is 0 Å². The van der Waals surface area contributed by atoms with Gasteiger partial charge in [-0.25, -0.2) is 4.98 Å². The molecule has 8 nitrogen and oxygen atoms in total. The van der Waals surface area contributed by atoms with Crippen LogP contribution >= 0.6 is 0 Å². The Hall–Kier alpha value is -4.33. The number of fused-ring (bicyclic) bond motifs is 1. The third-order valence-electron chi connectivity index (χ3n) is 4.20. The van der Waals surface area contributed by atoms with Gasteiger partial charge < -0.3 is 5.32 Å². The lowest BCUT2D eigenvalue weighted by atomic mass is 10.1. The van der Waals surface area contributed by atoms with E-state index in [0.29, 0.717) is 6.41 Å². The summed E-state index contributed by atoms with van der Waals surface area (Å²) in [6, 6.07) is 19.6. The maximum atomic E-state index is 9.84. The van der Waals surface area contributed by atoms with Gasteiger partial charge in [0.05, 0.1) is 11.2 Å². The van der Waals surface area contributed by atoms with Crippen LogP contribution in [0.25, 0.3) is 33.5 Å². The zero-order chi connectivity index (χ0) is 19.9. The molecule has 0 radical (unpaired) electrons. The number of H-pyrrole nitrogens is 2. The fourth-order valence-corrected chi connectivity index (χ4v) is 2.84. The number of nitrogens with zero attached hydrogens (tertiary/aromatic N) is 4. The zero-order valence-electron chi connectivity index (χ0n) is 15.3. The van der Waals surface area contributed by atoms with Crippen LogP contribution in [-0.4, -0.2) is 36.8 Å². The number of hydrogen-bond acceptors (Lipinski definition) is 5. The van der Waals surface area contributed by atoms with E-state index in [0.717, 1.165) is 39.2 Å². The lowest BCUT2D eigenvalue weighted by Crippen LogP contribution is -1.92. The molecule has 0 unspecified atom stereocenters. The molecule has 5 rings (SSSR count). The van der Waals surface area contributed by atoms with Crippen LogP contribution < -0.4 is 5.32 Å². The maximum absolute atomic E-state index is 9.84. The molecule has 142 valence electrons. The van der Waals surface area contributed by atoms with Crippen molar-refractivity contribution in [3.63, 3.8) is 0 Å². The second-order valence-corrected chi connectivity index (χ2v) is 6.03. The summed E-state index contributed by atoms with van der Waals surface area (Å²) in [6.07, 6.45) is 5.38. The number of aromatic amines is 2. The SMILES string of the molecule is O=CNc1ccncc1.c1ccc(-c2n[nH]c3ccc(-c4ncn[nH]4)cc23)cc1. The number of aromatic nitrogens is 6. The summed E-state index contributed by atoms with van der Waals surface area (Å²) in [4.78, 5) is 17.8. The topological polar surface area (TPSA) is 112 Å². The van der Waals surface area contributed by atoms with Crippen LogP contribution in [-0.2, 0) is 4.79 Å². The van der Waals surface area contributed by atoms with Gasteiger partial charge in [0.1, 0.15) is 6.33 Å². The second kappa shape index (κ2) is 8.57. The highest BCUT2D eigenvalue weighted by Gasteiger charge is 2.10. The van der Waals surface area contributed by atoms with Gasteiger partial charge in [0.15, 0.2) is 5.82 Å². The molecule has 29 heavy (non-hydrogen) atoms. The molecule has 3 aromatic heterocycles. The summed E-state index contributed by atoms with van der Waals surface area (Å²) in [5.74, 6) is 0.757. The summed E-state index contributed by atoms with van der Waals surface area (Å²) >= 11 is 0. The van der Waals surface area contributed by atoms with Crippen LogP contribution in [0.2, 0.25) is 0 Å². The van der Waals surface area contributed by atoms with Gasteiger partial charge in [0.25, 0.3) is 0 Å². The standard InChI is InChI=1S/C15H11N5.C6H6N2O/c1-2-4-10(5-3-1)14-12-8-11(15-16-9-17-20-15)6-7-13(12)18-19-14;9-5-8-6-1-3-7-4-2-6/h1-9H,(H,18,19)(H,16,17,20);1-5H,(H,7,8,9). The predicted octanol–water partition coefficient (Wildman–Crippen LogP) is 3.66. The first-order valence-corrected chi connectivity index (χ1v) is 8.84. The number of carbonyl (C=O) groups excluding carboxylic acids is 1. The van der Waals surface area contributed by atoms with Crippen molar-refractivity contribution < 1.29 is 4.79 Å². The van der Waals surface area contributed by atoms with Crippen molar-refractivity contribution in [1.82, 2.24) is 30.4 Å². The highest BCUT2D eigenvalue weighted by Crippen LogP contribution is 2.29. The van der Waals surface area contributed by atoms with Crippen LogP contribution in [0.15, 0.2) is 79.4 Å². The van der Waals surface area contributed by atoms with Crippen molar-refractivity contribution >= 4 is 23.0 Å². The van der Waals surface area contributed by atoms with Gasteiger partial charge in [-0.15, -0.1) is 0 Å². The van der Waals surface area contributed by atoms with Crippen molar-refractivity contribution in [2.75, 3.05) is 5.32 Å². The monoisotopic (exact) mass is 383 g/mol. The average Bonchev–Trinajstić information content (AvgIpc) is 3.46. The molecule has 0 aliphatic carbocycles. The molecule has 8 heteroatoms. The van der Waals surface area contributed by atoms with E-state index in [9.17, 15) is 4.79 Å². The van der Waals surface area contributed by atoms with E-state index in [1.54, 1.807) is 24.5 Å². The van der Waals surface area contributed by atoms with Gasteiger partial charge in [-0.2, -0.15) is 10.2 Å². The van der Waals surface area contributed by atoms with E-state index in [-0.39, 0.29) is 0 Å². The normalized spacial score (nSPS) is 10.2. The number of rotatable bonds is 4.